The highest BCUT2D eigenvalue weighted by Gasteiger charge is 2.25. The second-order valence-electron chi connectivity index (χ2n) is 6.02. The molecule has 0 aromatic heterocycles. The maximum atomic E-state index is 12.0. The fraction of sp³-hybridized carbons (Fsp3) is 0.556. The van der Waals surface area contributed by atoms with E-state index in [4.69, 9.17) is 0 Å². The lowest BCUT2D eigenvalue weighted by Gasteiger charge is -2.24. The zero-order valence-electron chi connectivity index (χ0n) is 14.2. The van der Waals surface area contributed by atoms with E-state index in [1.807, 2.05) is 24.3 Å². The molecule has 5 heteroatoms. The van der Waals surface area contributed by atoms with Gasteiger partial charge in [0.05, 0.1) is 0 Å². The van der Waals surface area contributed by atoms with Crippen LogP contribution in [0.1, 0.15) is 44.6 Å². The molecule has 23 heavy (non-hydrogen) atoms. The average molecular weight is 316 g/mol. The van der Waals surface area contributed by atoms with Crippen molar-refractivity contribution in [2.45, 2.75) is 45.6 Å². The van der Waals surface area contributed by atoms with E-state index in [1.165, 1.54) is 6.42 Å². The summed E-state index contributed by atoms with van der Waals surface area (Å²) in [6.07, 6.45) is 5.50. The summed E-state index contributed by atoms with van der Waals surface area (Å²) in [6.45, 7) is 3.77. The highest BCUT2D eigenvalue weighted by molar-refractivity contribution is 5.93. The molecule has 1 aliphatic rings. The Hall–Kier alpha value is -2.04. The number of benzene rings is 1. The van der Waals surface area contributed by atoms with Gasteiger partial charge in [-0.3, -0.25) is 9.79 Å². The number of anilines is 1. The van der Waals surface area contributed by atoms with Gasteiger partial charge in [0.1, 0.15) is 0 Å². The van der Waals surface area contributed by atoms with Gasteiger partial charge in [0.2, 0.25) is 5.91 Å². The molecule has 1 aromatic carbocycles. The van der Waals surface area contributed by atoms with Crippen LogP contribution in [0.25, 0.3) is 0 Å². The minimum atomic E-state index is 0.151. The molecule has 1 aromatic rings. The van der Waals surface area contributed by atoms with Crippen molar-refractivity contribution in [1.29, 1.82) is 0 Å². The summed E-state index contributed by atoms with van der Waals surface area (Å²) >= 11 is 0. The largest absolute Gasteiger partial charge is 0.356 e. The van der Waals surface area contributed by atoms with E-state index >= 15 is 0 Å². The third kappa shape index (κ3) is 5.58. The second kappa shape index (κ2) is 9.18. The monoisotopic (exact) mass is 316 g/mol. The van der Waals surface area contributed by atoms with Crippen molar-refractivity contribution in [3.63, 3.8) is 0 Å². The quantitative estimate of drug-likeness (QED) is 0.412. The molecule has 0 spiro atoms. The van der Waals surface area contributed by atoms with E-state index in [0.717, 1.165) is 49.4 Å². The zero-order valence-corrected chi connectivity index (χ0v) is 14.2. The first kappa shape index (κ1) is 17.3. The van der Waals surface area contributed by atoms with E-state index in [1.54, 1.807) is 7.05 Å². The zero-order chi connectivity index (χ0) is 16.5. The van der Waals surface area contributed by atoms with E-state index in [9.17, 15) is 4.79 Å². The van der Waals surface area contributed by atoms with E-state index in [0.29, 0.717) is 6.54 Å². The van der Waals surface area contributed by atoms with Crippen molar-refractivity contribution in [1.82, 2.24) is 10.6 Å². The first-order valence-corrected chi connectivity index (χ1v) is 8.57. The number of hydrogen-bond donors (Lipinski definition) is 3. The summed E-state index contributed by atoms with van der Waals surface area (Å²) in [5.41, 5.74) is 1.99. The Morgan fingerprint density at radius 2 is 2.13 bits per heavy atom. The van der Waals surface area contributed by atoms with Crippen LogP contribution in [0.2, 0.25) is 0 Å². The summed E-state index contributed by atoms with van der Waals surface area (Å²) in [4.78, 5) is 16.2. The van der Waals surface area contributed by atoms with Crippen LogP contribution in [0.15, 0.2) is 29.3 Å². The van der Waals surface area contributed by atoms with Crippen molar-refractivity contribution >= 4 is 17.6 Å². The van der Waals surface area contributed by atoms with Crippen molar-refractivity contribution in [3.05, 3.63) is 29.8 Å². The molecule has 126 valence electrons. The van der Waals surface area contributed by atoms with E-state index in [-0.39, 0.29) is 11.8 Å². The second-order valence-corrected chi connectivity index (χ2v) is 6.02. The number of amides is 1. The number of aliphatic imine (C=N–C) groups is 1. The van der Waals surface area contributed by atoms with Crippen LogP contribution in [-0.4, -0.2) is 25.5 Å². The third-order valence-corrected chi connectivity index (χ3v) is 4.18. The first-order valence-electron chi connectivity index (χ1n) is 8.57. The van der Waals surface area contributed by atoms with Gasteiger partial charge in [-0.2, -0.15) is 0 Å². The fourth-order valence-electron chi connectivity index (χ4n) is 2.46. The van der Waals surface area contributed by atoms with Gasteiger partial charge in [0, 0.05) is 31.7 Å². The van der Waals surface area contributed by atoms with Gasteiger partial charge in [-0.05, 0) is 37.0 Å². The molecule has 1 aliphatic carbocycles. The highest BCUT2D eigenvalue weighted by Crippen LogP contribution is 2.27. The van der Waals surface area contributed by atoms with Crippen molar-refractivity contribution < 1.29 is 4.79 Å². The van der Waals surface area contributed by atoms with Gasteiger partial charge in [-0.15, -0.1) is 0 Å². The number of carbonyl (C=O) groups is 1. The van der Waals surface area contributed by atoms with Gasteiger partial charge in [0.15, 0.2) is 5.96 Å². The van der Waals surface area contributed by atoms with Crippen LogP contribution >= 0.6 is 0 Å². The minimum Gasteiger partial charge on any atom is -0.356 e. The molecule has 3 N–H and O–H groups in total. The molecule has 0 heterocycles. The van der Waals surface area contributed by atoms with Crippen LogP contribution in [0.5, 0.6) is 0 Å². The van der Waals surface area contributed by atoms with Gasteiger partial charge >= 0.3 is 0 Å². The van der Waals surface area contributed by atoms with Crippen LogP contribution in [0.3, 0.4) is 0 Å². The predicted molar refractivity (Wildman–Crippen MR) is 95.5 cm³/mol. The molecule has 0 atom stereocenters. The Bertz CT molecular complexity index is 538. The Kier molecular flexibility index (Phi) is 6.91. The number of nitrogens with zero attached hydrogens (tertiary/aromatic N) is 1. The summed E-state index contributed by atoms with van der Waals surface area (Å²) in [5.74, 6) is 1.17. The molecule has 0 radical (unpaired) electrons. The molecule has 0 unspecified atom stereocenters. The van der Waals surface area contributed by atoms with Crippen molar-refractivity contribution in [2.75, 3.05) is 18.9 Å². The molecular formula is C18H28N4O. The van der Waals surface area contributed by atoms with Crippen molar-refractivity contribution in [2.24, 2.45) is 10.9 Å². The van der Waals surface area contributed by atoms with Crippen LogP contribution < -0.4 is 16.0 Å². The molecule has 0 aliphatic heterocycles. The molecule has 1 fully saturated rings. The average Bonchev–Trinajstić information content (AvgIpc) is 2.49. The molecule has 1 saturated carbocycles. The molecular weight excluding hydrogens is 288 g/mol. The number of nitrogens with one attached hydrogen (secondary N) is 3. The predicted octanol–water partition coefficient (Wildman–Crippen LogP) is 2.89. The minimum absolute atomic E-state index is 0.151. The summed E-state index contributed by atoms with van der Waals surface area (Å²) in [6, 6.07) is 7.98. The highest BCUT2D eigenvalue weighted by atomic mass is 16.1. The summed E-state index contributed by atoms with van der Waals surface area (Å²) < 4.78 is 0. The number of rotatable bonds is 7. The number of carbonyl (C=O) groups excluding carboxylic acids is 1. The topological polar surface area (TPSA) is 65.5 Å². The smallest absolute Gasteiger partial charge is 0.227 e. The van der Waals surface area contributed by atoms with Gasteiger partial charge in [-0.25, -0.2) is 0 Å². The molecule has 1 amide bonds. The normalized spacial score (nSPS) is 15.0. The summed E-state index contributed by atoms with van der Waals surface area (Å²) in [5, 5.41) is 9.60. The third-order valence-electron chi connectivity index (χ3n) is 4.18. The lowest BCUT2D eigenvalue weighted by atomic mass is 9.85. The summed E-state index contributed by atoms with van der Waals surface area (Å²) in [7, 11) is 1.77. The standard InChI is InChI=1S/C18H28N4O/c1-3-4-11-20-18(19-2)21-13-14-7-5-10-16(12-14)22-17(23)15-8-6-9-15/h5,7,10,12,15H,3-4,6,8-9,11,13H2,1-2H3,(H,22,23)(H2,19,20,21). The SMILES string of the molecule is CCCCNC(=NC)NCc1cccc(NC(=O)C2CCC2)c1. The van der Waals surface area contributed by atoms with Crippen molar-refractivity contribution in [3.8, 4) is 0 Å². The lowest BCUT2D eigenvalue weighted by molar-refractivity contribution is -0.122. The Balaban J connectivity index is 1.82. The van der Waals surface area contributed by atoms with E-state index < -0.39 is 0 Å². The number of guanidine groups is 1. The van der Waals surface area contributed by atoms with Gasteiger partial charge in [-0.1, -0.05) is 31.9 Å². The first-order chi connectivity index (χ1) is 11.2. The van der Waals surface area contributed by atoms with Gasteiger partial charge < -0.3 is 16.0 Å². The molecule has 2 rings (SSSR count). The van der Waals surface area contributed by atoms with Crippen LogP contribution in [0.4, 0.5) is 5.69 Å². The number of unbranched alkanes of at least 4 members (excludes halogenated alkanes) is 1. The fourth-order valence-corrected chi connectivity index (χ4v) is 2.46. The van der Waals surface area contributed by atoms with Gasteiger partial charge in [0.25, 0.3) is 0 Å². The van der Waals surface area contributed by atoms with Crippen LogP contribution in [-0.2, 0) is 11.3 Å². The van der Waals surface area contributed by atoms with E-state index in [2.05, 4.69) is 27.9 Å². The maximum Gasteiger partial charge on any atom is 0.227 e. The maximum absolute atomic E-state index is 12.0. The molecule has 0 saturated heterocycles. The molecule has 5 nitrogen and oxygen atoms in total. The molecule has 0 bridgehead atoms. The lowest BCUT2D eigenvalue weighted by Crippen LogP contribution is -2.37. The Morgan fingerprint density at radius 3 is 2.78 bits per heavy atom. The van der Waals surface area contributed by atoms with Crippen LogP contribution in [0, 0.1) is 5.92 Å². The number of hydrogen-bond acceptors (Lipinski definition) is 2. The Morgan fingerprint density at radius 1 is 1.30 bits per heavy atom. The Labute approximate surface area is 139 Å².